The number of aliphatic hydroxyl groups excluding tert-OH is 1. The molecule has 1 aromatic carbocycles. The van der Waals surface area contributed by atoms with E-state index in [1.165, 1.54) is 12.1 Å². The molecule has 6 nitrogen and oxygen atoms in total. The second-order valence-electron chi connectivity index (χ2n) is 5.05. The van der Waals surface area contributed by atoms with Crippen molar-refractivity contribution < 1.29 is 19.6 Å². The number of carbonyl (C=O) groups excluding carboxylic acids is 1. The average Bonchev–Trinajstić information content (AvgIpc) is 2.43. The number of nitro benzene ring substituents is 1. The number of benzene rings is 1. The largest absolute Gasteiger partial charge is 0.512 e. The number of hydrogen-bond acceptors (Lipinski definition) is 5. The van der Waals surface area contributed by atoms with Crippen molar-refractivity contribution >= 4 is 11.7 Å². The first-order valence-electron chi connectivity index (χ1n) is 6.86. The van der Waals surface area contributed by atoms with E-state index in [0.717, 1.165) is 6.42 Å². The summed E-state index contributed by atoms with van der Waals surface area (Å²) < 4.78 is 5.27. The maximum atomic E-state index is 11.9. The van der Waals surface area contributed by atoms with Gasteiger partial charge in [0.05, 0.1) is 10.5 Å². The maximum Gasteiger partial charge on any atom is 0.338 e. The minimum atomic E-state index is -0.538. The molecule has 2 rings (SSSR count). The van der Waals surface area contributed by atoms with E-state index in [1.54, 1.807) is 12.1 Å². The molecule has 1 aromatic rings. The van der Waals surface area contributed by atoms with Gasteiger partial charge in [-0.1, -0.05) is 25.5 Å². The van der Waals surface area contributed by atoms with Crippen LogP contribution in [0.4, 0.5) is 5.69 Å². The van der Waals surface area contributed by atoms with Crippen molar-refractivity contribution in [1.82, 2.24) is 0 Å². The minimum absolute atomic E-state index is 0.0243. The van der Waals surface area contributed by atoms with Gasteiger partial charge >= 0.3 is 5.97 Å². The number of aliphatic hydroxyl groups is 1. The Labute approximate surface area is 122 Å². The number of ether oxygens (including phenoxy) is 1. The summed E-state index contributed by atoms with van der Waals surface area (Å²) in [4.78, 5) is 22.2. The van der Waals surface area contributed by atoms with E-state index in [2.05, 4.69) is 0 Å². The number of cyclic esters (lactones) is 1. The third-order valence-corrected chi connectivity index (χ3v) is 3.40. The van der Waals surface area contributed by atoms with Crippen molar-refractivity contribution in [3.63, 3.8) is 0 Å². The van der Waals surface area contributed by atoms with Crippen molar-refractivity contribution in [3.8, 4) is 0 Å². The Hall–Kier alpha value is -2.37. The molecule has 1 aliphatic rings. The van der Waals surface area contributed by atoms with Crippen LogP contribution < -0.4 is 0 Å². The van der Waals surface area contributed by atoms with E-state index in [1.807, 2.05) is 6.92 Å². The molecule has 21 heavy (non-hydrogen) atoms. The van der Waals surface area contributed by atoms with Crippen LogP contribution >= 0.6 is 0 Å². The molecule has 112 valence electrons. The molecule has 0 amide bonds. The predicted octanol–water partition coefficient (Wildman–Crippen LogP) is 3.07. The van der Waals surface area contributed by atoms with E-state index in [-0.39, 0.29) is 29.5 Å². The lowest BCUT2D eigenvalue weighted by Crippen LogP contribution is -2.27. The van der Waals surface area contributed by atoms with Gasteiger partial charge in [-0.15, -0.1) is 0 Å². The molecule has 0 fully saturated rings. The van der Waals surface area contributed by atoms with Crippen LogP contribution in [0.2, 0.25) is 0 Å². The number of esters is 1. The Bertz CT molecular complexity index is 593. The first-order valence-corrected chi connectivity index (χ1v) is 6.86. The molecule has 0 aliphatic carbocycles. The number of rotatable bonds is 5. The molecule has 0 saturated carbocycles. The lowest BCUT2D eigenvalue weighted by atomic mass is 9.98. The summed E-state index contributed by atoms with van der Waals surface area (Å²) in [5.74, 6) is -0.514. The molecule has 0 bridgehead atoms. The van der Waals surface area contributed by atoms with Crippen molar-refractivity contribution in [2.75, 3.05) is 0 Å². The van der Waals surface area contributed by atoms with Crippen molar-refractivity contribution in [3.05, 3.63) is 51.3 Å². The number of nitrogens with zero attached hydrogens (tertiary/aromatic N) is 1. The zero-order chi connectivity index (χ0) is 15.4. The molecular formula is C15H17NO5. The molecule has 0 aromatic heterocycles. The summed E-state index contributed by atoms with van der Waals surface area (Å²) in [6.07, 6.45) is 1.73. The van der Waals surface area contributed by atoms with Gasteiger partial charge in [0.15, 0.2) is 0 Å². The van der Waals surface area contributed by atoms with Gasteiger partial charge in [-0.2, -0.15) is 0 Å². The van der Waals surface area contributed by atoms with E-state index in [0.29, 0.717) is 18.4 Å². The van der Waals surface area contributed by atoms with Crippen molar-refractivity contribution in [1.29, 1.82) is 0 Å². The molecule has 0 radical (unpaired) electrons. The van der Waals surface area contributed by atoms with Gasteiger partial charge in [-0.3, -0.25) is 10.1 Å². The van der Waals surface area contributed by atoms with Crippen LogP contribution in [0.5, 0.6) is 0 Å². The van der Waals surface area contributed by atoms with Crippen molar-refractivity contribution in [2.24, 2.45) is 0 Å². The van der Waals surface area contributed by atoms with Crippen LogP contribution in [0.25, 0.3) is 0 Å². The summed E-state index contributed by atoms with van der Waals surface area (Å²) in [5.41, 5.74) is 0.736. The fourth-order valence-electron chi connectivity index (χ4n) is 2.36. The standard InChI is InChI=1S/C15H17NO5/c1-2-4-12-9-14(17)13(15(18)21-12)8-10-5-3-6-11(7-10)16(19)20/h3,5-7,12,17H,2,4,8-9H2,1H3. The molecular weight excluding hydrogens is 274 g/mol. The van der Waals surface area contributed by atoms with Gasteiger partial charge in [0.25, 0.3) is 5.69 Å². The summed E-state index contributed by atoms with van der Waals surface area (Å²) in [6.45, 7) is 1.98. The number of nitro groups is 1. The average molecular weight is 291 g/mol. The summed E-state index contributed by atoms with van der Waals surface area (Å²) >= 11 is 0. The van der Waals surface area contributed by atoms with E-state index in [9.17, 15) is 20.0 Å². The predicted molar refractivity (Wildman–Crippen MR) is 75.9 cm³/mol. The number of non-ortho nitro benzene ring substituents is 1. The molecule has 1 N–H and O–H groups in total. The van der Waals surface area contributed by atoms with Gasteiger partial charge in [0.1, 0.15) is 11.9 Å². The lowest BCUT2D eigenvalue weighted by Gasteiger charge is -2.24. The van der Waals surface area contributed by atoms with Crippen molar-refractivity contribution in [2.45, 2.75) is 38.7 Å². The quantitative estimate of drug-likeness (QED) is 0.511. The molecule has 1 aliphatic heterocycles. The van der Waals surface area contributed by atoms with Crippen LogP contribution in [0.1, 0.15) is 31.7 Å². The zero-order valence-corrected chi connectivity index (χ0v) is 11.7. The minimum Gasteiger partial charge on any atom is -0.512 e. The Morgan fingerprint density at radius 1 is 1.48 bits per heavy atom. The monoisotopic (exact) mass is 291 g/mol. The van der Waals surface area contributed by atoms with Gasteiger partial charge in [-0.25, -0.2) is 4.79 Å². The third kappa shape index (κ3) is 3.59. The van der Waals surface area contributed by atoms with Gasteiger partial charge in [-0.05, 0) is 12.0 Å². The van der Waals surface area contributed by atoms with Crippen LogP contribution in [-0.4, -0.2) is 22.1 Å². The topological polar surface area (TPSA) is 89.7 Å². The summed E-state index contributed by atoms with van der Waals surface area (Å²) in [7, 11) is 0. The normalized spacial score (nSPS) is 18.5. The molecule has 0 spiro atoms. The third-order valence-electron chi connectivity index (χ3n) is 3.40. The molecule has 1 atom stereocenters. The van der Waals surface area contributed by atoms with Crippen LogP contribution in [-0.2, 0) is 16.0 Å². The SMILES string of the molecule is CCCC1CC(O)=C(Cc2cccc([N+](=O)[O-])c2)C(=O)O1. The van der Waals surface area contributed by atoms with Gasteiger partial charge in [0.2, 0.25) is 0 Å². The first-order chi connectivity index (χ1) is 10.0. The maximum absolute atomic E-state index is 11.9. The van der Waals surface area contributed by atoms with Gasteiger partial charge in [0, 0.05) is 25.0 Å². The Balaban J connectivity index is 2.18. The van der Waals surface area contributed by atoms with Crippen LogP contribution in [0, 0.1) is 10.1 Å². The summed E-state index contributed by atoms with van der Waals surface area (Å²) in [6, 6.07) is 6.01. The highest BCUT2D eigenvalue weighted by molar-refractivity contribution is 5.90. The first kappa shape index (κ1) is 15.0. The fraction of sp³-hybridized carbons (Fsp3) is 0.400. The highest BCUT2D eigenvalue weighted by Gasteiger charge is 2.28. The zero-order valence-electron chi connectivity index (χ0n) is 11.7. The Kier molecular flexibility index (Phi) is 4.57. The van der Waals surface area contributed by atoms with E-state index in [4.69, 9.17) is 4.74 Å². The highest BCUT2D eigenvalue weighted by Crippen LogP contribution is 2.26. The summed E-state index contributed by atoms with van der Waals surface area (Å²) in [5, 5.41) is 20.8. The van der Waals surface area contributed by atoms with Gasteiger partial charge < -0.3 is 9.84 Å². The smallest absolute Gasteiger partial charge is 0.338 e. The van der Waals surface area contributed by atoms with E-state index >= 15 is 0 Å². The molecule has 0 saturated heterocycles. The van der Waals surface area contributed by atoms with Crippen LogP contribution in [0.15, 0.2) is 35.6 Å². The Morgan fingerprint density at radius 2 is 2.24 bits per heavy atom. The molecule has 1 unspecified atom stereocenters. The highest BCUT2D eigenvalue weighted by atomic mass is 16.6. The second kappa shape index (κ2) is 6.39. The number of hydrogen-bond donors (Lipinski definition) is 1. The number of carbonyl (C=O) groups is 1. The molecule has 6 heteroatoms. The second-order valence-corrected chi connectivity index (χ2v) is 5.05. The van der Waals surface area contributed by atoms with E-state index < -0.39 is 10.9 Å². The molecule has 1 heterocycles. The Morgan fingerprint density at radius 3 is 2.86 bits per heavy atom. The fourth-order valence-corrected chi connectivity index (χ4v) is 2.36. The van der Waals surface area contributed by atoms with Crippen LogP contribution in [0.3, 0.4) is 0 Å². The lowest BCUT2D eigenvalue weighted by molar-refractivity contribution is -0.384.